The minimum atomic E-state index is -0.445. The first kappa shape index (κ1) is 18.6. The summed E-state index contributed by atoms with van der Waals surface area (Å²) in [6, 6.07) is 4.63. The monoisotopic (exact) mass is 367 g/mol. The van der Waals surface area contributed by atoms with Gasteiger partial charge in [0, 0.05) is 25.1 Å². The molecule has 0 aliphatic carbocycles. The SMILES string of the molecule is COc1cc(N(CC(=O)Nc2cc(C)on2)C(C)=O)c(OC)cc1Cl. The average molecular weight is 368 g/mol. The fourth-order valence-corrected chi connectivity index (χ4v) is 2.40. The maximum absolute atomic E-state index is 12.2. The normalized spacial score (nSPS) is 10.3. The molecule has 0 spiro atoms. The topological polar surface area (TPSA) is 93.9 Å². The van der Waals surface area contributed by atoms with Gasteiger partial charge < -0.3 is 19.3 Å². The van der Waals surface area contributed by atoms with Crippen LogP contribution in [0.2, 0.25) is 5.02 Å². The molecular formula is C16H18ClN3O5. The fraction of sp³-hybridized carbons (Fsp3) is 0.312. The van der Waals surface area contributed by atoms with Crippen molar-refractivity contribution in [3.63, 3.8) is 0 Å². The van der Waals surface area contributed by atoms with Crippen molar-refractivity contribution >= 4 is 34.9 Å². The van der Waals surface area contributed by atoms with Gasteiger partial charge in [0.1, 0.15) is 23.8 Å². The molecule has 0 saturated heterocycles. The van der Waals surface area contributed by atoms with Crippen LogP contribution >= 0.6 is 11.6 Å². The molecule has 25 heavy (non-hydrogen) atoms. The average Bonchev–Trinajstić information content (AvgIpc) is 2.97. The minimum absolute atomic E-state index is 0.248. The zero-order valence-electron chi connectivity index (χ0n) is 14.3. The van der Waals surface area contributed by atoms with Crippen LogP contribution in [0.4, 0.5) is 11.5 Å². The van der Waals surface area contributed by atoms with Gasteiger partial charge in [-0.3, -0.25) is 14.5 Å². The Kier molecular flexibility index (Phi) is 5.87. The largest absolute Gasteiger partial charge is 0.495 e. The molecule has 134 valence electrons. The molecule has 2 aromatic rings. The van der Waals surface area contributed by atoms with E-state index in [9.17, 15) is 9.59 Å². The Morgan fingerprint density at radius 2 is 1.92 bits per heavy atom. The molecule has 0 radical (unpaired) electrons. The van der Waals surface area contributed by atoms with Crippen LogP contribution in [0.25, 0.3) is 0 Å². The lowest BCUT2D eigenvalue weighted by molar-refractivity contribution is -0.120. The van der Waals surface area contributed by atoms with E-state index in [1.165, 1.54) is 38.2 Å². The summed E-state index contributed by atoms with van der Waals surface area (Å²) >= 11 is 6.07. The quantitative estimate of drug-likeness (QED) is 0.843. The van der Waals surface area contributed by atoms with Crippen LogP contribution in [0.1, 0.15) is 12.7 Å². The molecule has 0 saturated carbocycles. The number of rotatable bonds is 6. The van der Waals surface area contributed by atoms with E-state index in [0.29, 0.717) is 28.0 Å². The van der Waals surface area contributed by atoms with Crippen LogP contribution in [0.3, 0.4) is 0 Å². The Morgan fingerprint density at radius 3 is 2.44 bits per heavy atom. The van der Waals surface area contributed by atoms with E-state index < -0.39 is 5.91 Å². The van der Waals surface area contributed by atoms with E-state index in [4.69, 9.17) is 25.6 Å². The maximum Gasteiger partial charge on any atom is 0.245 e. The third-order valence-electron chi connectivity index (χ3n) is 3.32. The predicted molar refractivity (Wildman–Crippen MR) is 92.5 cm³/mol. The van der Waals surface area contributed by atoms with Crippen molar-refractivity contribution in [2.75, 3.05) is 31.0 Å². The van der Waals surface area contributed by atoms with Gasteiger partial charge >= 0.3 is 0 Å². The molecule has 0 bridgehead atoms. The molecule has 1 N–H and O–H groups in total. The van der Waals surface area contributed by atoms with Crippen molar-refractivity contribution in [1.82, 2.24) is 5.16 Å². The zero-order chi connectivity index (χ0) is 18.6. The van der Waals surface area contributed by atoms with Crippen molar-refractivity contribution in [2.24, 2.45) is 0 Å². The molecular weight excluding hydrogens is 350 g/mol. The highest BCUT2D eigenvalue weighted by Crippen LogP contribution is 2.38. The molecule has 1 aromatic carbocycles. The van der Waals surface area contributed by atoms with Gasteiger partial charge in [0.25, 0.3) is 0 Å². The highest BCUT2D eigenvalue weighted by Gasteiger charge is 2.22. The first-order valence-corrected chi connectivity index (χ1v) is 7.66. The highest BCUT2D eigenvalue weighted by molar-refractivity contribution is 6.32. The molecule has 9 heteroatoms. The van der Waals surface area contributed by atoms with Gasteiger partial charge in [0.2, 0.25) is 11.8 Å². The number of carbonyl (C=O) groups excluding carboxylic acids is 2. The van der Waals surface area contributed by atoms with Gasteiger partial charge in [-0.15, -0.1) is 0 Å². The molecule has 2 rings (SSSR count). The lowest BCUT2D eigenvalue weighted by atomic mass is 10.2. The van der Waals surface area contributed by atoms with Crippen LogP contribution in [0, 0.1) is 6.92 Å². The van der Waals surface area contributed by atoms with E-state index in [2.05, 4.69) is 10.5 Å². The summed E-state index contributed by atoms with van der Waals surface area (Å²) in [5, 5.41) is 6.57. The summed E-state index contributed by atoms with van der Waals surface area (Å²) < 4.78 is 15.3. The number of carbonyl (C=O) groups is 2. The minimum Gasteiger partial charge on any atom is -0.495 e. The number of benzene rings is 1. The second-order valence-electron chi connectivity index (χ2n) is 5.13. The van der Waals surface area contributed by atoms with Crippen LogP contribution in [0.15, 0.2) is 22.7 Å². The van der Waals surface area contributed by atoms with E-state index >= 15 is 0 Å². The number of anilines is 2. The van der Waals surface area contributed by atoms with Crippen LogP contribution < -0.4 is 19.7 Å². The van der Waals surface area contributed by atoms with Crippen LogP contribution in [-0.4, -0.2) is 37.7 Å². The Labute approximate surface area is 149 Å². The predicted octanol–water partition coefficient (Wildman–Crippen LogP) is 2.65. The summed E-state index contributed by atoms with van der Waals surface area (Å²) in [7, 11) is 2.90. The number of halogens is 1. The first-order chi connectivity index (χ1) is 11.8. The summed E-state index contributed by atoms with van der Waals surface area (Å²) in [6.07, 6.45) is 0. The van der Waals surface area contributed by atoms with Gasteiger partial charge in [-0.05, 0) is 6.92 Å². The van der Waals surface area contributed by atoms with E-state index in [1.54, 1.807) is 13.0 Å². The standard InChI is InChI=1S/C16H18ClN3O5/c1-9-5-15(19-25-9)18-16(22)8-20(10(2)21)12-7-13(23-3)11(17)6-14(12)24-4/h5-7H,8H2,1-4H3,(H,18,19,22). The van der Waals surface area contributed by atoms with Crippen molar-refractivity contribution < 1.29 is 23.6 Å². The fourth-order valence-electron chi connectivity index (χ4n) is 2.17. The van der Waals surface area contributed by atoms with Gasteiger partial charge in [-0.2, -0.15) is 0 Å². The number of methoxy groups -OCH3 is 2. The molecule has 1 heterocycles. The number of aromatic nitrogens is 1. The van der Waals surface area contributed by atoms with Crippen LogP contribution in [-0.2, 0) is 9.59 Å². The second kappa shape index (κ2) is 7.89. The Bertz CT molecular complexity index is 790. The number of ether oxygens (including phenoxy) is 2. The van der Waals surface area contributed by atoms with Crippen molar-refractivity contribution in [3.8, 4) is 11.5 Å². The second-order valence-corrected chi connectivity index (χ2v) is 5.54. The number of hydrogen-bond acceptors (Lipinski definition) is 6. The third-order valence-corrected chi connectivity index (χ3v) is 3.62. The molecule has 1 aromatic heterocycles. The van der Waals surface area contributed by atoms with E-state index in [0.717, 1.165) is 0 Å². The summed E-state index contributed by atoms with van der Waals surface area (Å²) in [4.78, 5) is 25.6. The number of nitrogens with one attached hydrogen (secondary N) is 1. The first-order valence-electron chi connectivity index (χ1n) is 7.28. The summed E-state index contributed by atoms with van der Waals surface area (Å²) in [5.74, 6) is 0.727. The van der Waals surface area contributed by atoms with E-state index in [-0.39, 0.29) is 18.3 Å². The number of nitrogens with zero attached hydrogens (tertiary/aromatic N) is 2. The molecule has 0 unspecified atom stereocenters. The summed E-state index contributed by atoms with van der Waals surface area (Å²) in [6.45, 7) is 2.80. The van der Waals surface area contributed by atoms with Gasteiger partial charge in [-0.25, -0.2) is 0 Å². The van der Waals surface area contributed by atoms with E-state index in [1.807, 2.05) is 0 Å². The zero-order valence-corrected chi connectivity index (χ0v) is 15.0. The molecule has 8 nitrogen and oxygen atoms in total. The Balaban J connectivity index is 2.28. The van der Waals surface area contributed by atoms with Gasteiger partial charge in [0.05, 0.1) is 24.9 Å². The number of amides is 2. The third kappa shape index (κ3) is 4.42. The van der Waals surface area contributed by atoms with Crippen molar-refractivity contribution in [1.29, 1.82) is 0 Å². The van der Waals surface area contributed by atoms with Crippen LogP contribution in [0.5, 0.6) is 11.5 Å². The molecule has 2 amide bonds. The number of hydrogen-bond donors (Lipinski definition) is 1. The smallest absolute Gasteiger partial charge is 0.245 e. The number of aryl methyl sites for hydroxylation is 1. The van der Waals surface area contributed by atoms with Crippen molar-refractivity contribution in [2.45, 2.75) is 13.8 Å². The van der Waals surface area contributed by atoms with Gasteiger partial charge in [-0.1, -0.05) is 16.8 Å². The molecule has 0 atom stereocenters. The lowest BCUT2D eigenvalue weighted by Crippen LogP contribution is -2.37. The highest BCUT2D eigenvalue weighted by atomic mass is 35.5. The summed E-state index contributed by atoms with van der Waals surface area (Å²) in [5.41, 5.74) is 0.364. The van der Waals surface area contributed by atoms with Crippen molar-refractivity contribution in [3.05, 3.63) is 29.0 Å². The van der Waals surface area contributed by atoms with Gasteiger partial charge in [0.15, 0.2) is 5.82 Å². The Morgan fingerprint density at radius 1 is 1.24 bits per heavy atom. The maximum atomic E-state index is 12.2. The molecule has 0 aliphatic heterocycles. The Hall–Kier alpha value is -2.74. The molecule has 0 fully saturated rings. The molecule has 0 aliphatic rings. The lowest BCUT2D eigenvalue weighted by Gasteiger charge is -2.23.